The molecule has 1 heterocycles. The van der Waals surface area contributed by atoms with Crippen LogP contribution in [0.3, 0.4) is 0 Å². The zero-order valence-electron chi connectivity index (χ0n) is 22.5. The molecule has 1 atom stereocenters. The smallest absolute Gasteiger partial charge is 0.335 e. The summed E-state index contributed by atoms with van der Waals surface area (Å²) in [6, 6.07) is 18.1. The Bertz CT molecular complexity index is 1290. The Morgan fingerprint density at radius 2 is 1.69 bits per heavy atom. The molecule has 1 aliphatic heterocycles. The van der Waals surface area contributed by atoms with E-state index in [9.17, 15) is 14.7 Å². The van der Waals surface area contributed by atoms with Crippen LogP contribution in [0.4, 0.5) is 0 Å². The minimum absolute atomic E-state index is 0.193. The number of carboxylic acid groups (broad SMARTS) is 1. The Kier molecular flexibility index (Phi) is 10.0. The number of hydrogen-bond donors (Lipinski definition) is 2. The van der Waals surface area contributed by atoms with Crippen molar-refractivity contribution in [2.75, 3.05) is 6.79 Å². The lowest BCUT2D eigenvalue weighted by Gasteiger charge is -2.29. The predicted octanol–water partition coefficient (Wildman–Crippen LogP) is 5.33. The molecule has 0 spiro atoms. The molecule has 39 heavy (non-hydrogen) atoms. The Morgan fingerprint density at radius 3 is 2.31 bits per heavy atom. The molecule has 7 nitrogen and oxygen atoms in total. The standard InChI is InChI=1S/C19H19BO5.C10H12BNOS/c1-3-4-12-9-13(18(21)22)5-7-15(12)25-19(2,20)14-6-8-16-17(10-14)24-11-23-16;1-10(2,11)8-3-5-9(6-4-8)14-12-7-13/h5-10H,3-4,11H2,1-2H3,(H,21,22);3-7H,1-2H3,(H,12,13). The summed E-state index contributed by atoms with van der Waals surface area (Å²) < 4.78 is 19.3. The van der Waals surface area contributed by atoms with Crippen molar-refractivity contribution in [1.82, 2.24) is 4.72 Å². The van der Waals surface area contributed by atoms with Crippen LogP contribution >= 0.6 is 11.9 Å². The van der Waals surface area contributed by atoms with Crippen molar-refractivity contribution in [1.29, 1.82) is 0 Å². The lowest BCUT2D eigenvalue weighted by atomic mass is 9.67. The van der Waals surface area contributed by atoms with Gasteiger partial charge in [0, 0.05) is 4.90 Å². The molecular formula is C29H31B2NO6S. The van der Waals surface area contributed by atoms with E-state index < -0.39 is 11.5 Å². The van der Waals surface area contributed by atoms with Crippen LogP contribution in [-0.4, -0.2) is 40.0 Å². The number of ether oxygens (including phenoxy) is 3. The SMILES string of the molecule is [B]C(C)(C)c1ccc(SNC=O)cc1.[B]C(C)(Oc1ccc(C(=O)O)cc1CCC)c1ccc2c(c1)OCO2. The highest BCUT2D eigenvalue weighted by atomic mass is 32.2. The largest absolute Gasteiger partial charge is 0.493 e. The minimum Gasteiger partial charge on any atom is -0.493 e. The van der Waals surface area contributed by atoms with Gasteiger partial charge in [-0.1, -0.05) is 51.0 Å². The maximum Gasteiger partial charge on any atom is 0.335 e. The van der Waals surface area contributed by atoms with Crippen LogP contribution in [0.5, 0.6) is 17.2 Å². The van der Waals surface area contributed by atoms with Gasteiger partial charge in [0.15, 0.2) is 11.5 Å². The molecule has 1 amide bonds. The second-order valence-corrected chi connectivity index (χ2v) is 10.6. The summed E-state index contributed by atoms with van der Waals surface area (Å²) in [5.41, 5.74) is 1.76. The summed E-state index contributed by atoms with van der Waals surface area (Å²) in [4.78, 5) is 22.2. The number of carbonyl (C=O) groups is 2. The molecule has 0 fully saturated rings. The second-order valence-electron chi connectivity index (χ2n) is 9.74. The van der Waals surface area contributed by atoms with Crippen molar-refractivity contribution in [3.63, 3.8) is 0 Å². The summed E-state index contributed by atoms with van der Waals surface area (Å²) >= 11 is 1.28. The van der Waals surface area contributed by atoms with Crippen LogP contribution in [0.25, 0.3) is 0 Å². The van der Waals surface area contributed by atoms with Gasteiger partial charge in [-0.15, -0.1) is 0 Å². The highest BCUT2D eigenvalue weighted by Gasteiger charge is 2.26. The first kappa shape index (κ1) is 30.0. The van der Waals surface area contributed by atoms with Gasteiger partial charge in [0.1, 0.15) is 13.6 Å². The number of benzene rings is 3. The molecule has 4 radical (unpaired) electrons. The predicted molar refractivity (Wildman–Crippen MR) is 154 cm³/mol. The minimum atomic E-state index is -1.10. The normalized spacial score (nSPS) is 13.4. The fourth-order valence-corrected chi connectivity index (χ4v) is 4.27. The molecule has 0 aliphatic carbocycles. The average Bonchev–Trinajstić information content (AvgIpc) is 3.37. The van der Waals surface area contributed by atoms with Crippen LogP contribution in [-0.2, 0) is 22.0 Å². The van der Waals surface area contributed by atoms with Gasteiger partial charge in [-0.2, -0.15) is 0 Å². The van der Waals surface area contributed by atoms with Crippen molar-refractivity contribution in [2.45, 2.75) is 56.2 Å². The number of carboxylic acids is 1. The summed E-state index contributed by atoms with van der Waals surface area (Å²) in [6.45, 7) is 7.89. The highest BCUT2D eigenvalue weighted by molar-refractivity contribution is 7.97. The first-order valence-corrected chi connectivity index (χ1v) is 13.3. The lowest BCUT2D eigenvalue weighted by molar-refractivity contribution is -0.107. The third kappa shape index (κ3) is 8.23. The number of aryl methyl sites for hydroxylation is 1. The molecule has 2 N–H and O–H groups in total. The maximum atomic E-state index is 11.2. The quantitative estimate of drug-likeness (QED) is 0.203. The van der Waals surface area contributed by atoms with Crippen molar-refractivity contribution in [3.05, 3.63) is 82.9 Å². The van der Waals surface area contributed by atoms with Crippen LogP contribution in [0.1, 0.15) is 61.2 Å². The second kappa shape index (κ2) is 13.0. The number of fused-ring (bicyclic) bond motifs is 1. The summed E-state index contributed by atoms with van der Waals surface area (Å²) in [6.07, 6.45) is 2.23. The van der Waals surface area contributed by atoms with E-state index >= 15 is 0 Å². The monoisotopic (exact) mass is 543 g/mol. The third-order valence-corrected chi connectivity index (χ3v) is 6.64. The van der Waals surface area contributed by atoms with Crippen LogP contribution in [0, 0.1) is 0 Å². The van der Waals surface area contributed by atoms with E-state index in [0.29, 0.717) is 30.1 Å². The number of amides is 1. The maximum absolute atomic E-state index is 11.2. The van der Waals surface area contributed by atoms with Gasteiger partial charge in [0.25, 0.3) is 0 Å². The van der Waals surface area contributed by atoms with Gasteiger partial charge in [0.2, 0.25) is 13.2 Å². The van der Waals surface area contributed by atoms with E-state index in [4.69, 9.17) is 29.9 Å². The number of carbonyl (C=O) groups excluding carboxylic acids is 1. The van der Waals surface area contributed by atoms with Crippen LogP contribution < -0.4 is 18.9 Å². The fourth-order valence-electron chi connectivity index (χ4n) is 3.81. The van der Waals surface area contributed by atoms with Crippen molar-refractivity contribution < 1.29 is 28.9 Å². The molecule has 0 bridgehead atoms. The van der Waals surface area contributed by atoms with Gasteiger partial charge < -0.3 is 19.3 Å². The Labute approximate surface area is 236 Å². The van der Waals surface area contributed by atoms with Gasteiger partial charge in [-0.05, 0) is 84.2 Å². The van der Waals surface area contributed by atoms with Crippen molar-refractivity contribution in [2.24, 2.45) is 0 Å². The number of nitrogens with one attached hydrogen (secondary N) is 1. The topological polar surface area (TPSA) is 94.1 Å². The fraction of sp³-hybridized carbons (Fsp3) is 0.310. The molecular weight excluding hydrogens is 512 g/mol. The summed E-state index contributed by atoms with van der Waals surface area (Å²) in [5, 5.41) is 8.86. The first-order chi connectivity index (χ1) is 18.4. The lowest BCUT2D eigenvalue weighted by Crippen LogP contribution is -2.30. The Hall–Kier alpha value is -3.52. The highest BCUT2D eigenvalue weighted by Crippen LogP contribution is 2.37. The van der Waals surface area contributed by atoms with Gasteiger partial charge in [-0.25, -0.2) is 4.79 Å². The molecule has 3 aromatic rings. The molecule has 1 aliphatic rings. The molecule has 1 unspecified atom stereocenters. The first-order valence-electron chi connectivity index (χ1n) is 12.4. The zero-order valence-corrected chi connectivity index (χ0v) is 23.3. The Morgan fingerprint density at radius 1 is 1.03 bits per heavy atom. The average molecular weight is 543 g/mol. The molecule has 0 saturated carbocycles. The van der Waals surface area contributed by atoms with E-state index in [1.54, 1.807) is 31.2 Å². The molecule has 0 aromatic heterocycles. The van der Waals surface area contributed by atoms with E-state index in [0.717, 1.165) is 28.0 Å². The van der Waals surface area contributed by atoms with Crippen LogP contribution in [0.2, 0.25) is 0 Å². The molecule has 200 valence electrons. The number of aromatic carboxylic acids is 1. The molecule has 3 aromatic carbocycles. The van der Waals surface area contributed by atoms with Crippen LogP contribution in [0.15, 0.2) is 65.6 Å². The zero-order chi connectivity index (χ0) is 28.6. The Balaban J connectivity index is 0.000000255. The van der Waals surface area contributed by atoms with Gasteiger partial charge in [-0.3, -0.25) is 9.52 Å². The number of hydrogen-bond acceptors (Lipinski definition) is 6. The summed E-state index contributed by atoms with van der Waals surface area (Å²) in [7, 11) is 12.3. The molecule has 10 heteroatoms. The van der Waals surface area contributed by atoms with Gasteiger partial charge >= 0.3 is 5.97 Å². The van der Waals surface area contributed by atoms with Gasteiger partial charge in [0.05, 0.1) is 18.9 Å². The van der Waals surface area contributed by atoms with E-state index in [-0.39, 0.29) is 17.7 Å². The molecule has 0 saturated heterocycles. The van der Waals surface area contributed by atoms with E-state index in [1.807, 2.05) is 51.1 Å². The third-order valence-electron chi connectivity index (χ3n) is 5.92. The van der Waals surface area contributed by atoms with E-state index in [2.05, 4.69) is 4.72 Å². The van der Waals surface area contributed by atoms with E-state index in [1.165, 1.54) is 18.0 Å². The van der Waals surface area contributed by atoms with Crippen molar-refractivity contribution >= 4 is 40.0 Å². The summed E-state index contributed by atoms with van der Waals surface area (Å²) in [5.74, 6) is 0.925. The number of rotatable bonds is 10. The molecule has 4 rings (SSSR count). The van der Waals surface area contributed by atoms with Crippen molar-refractivity contribution in [3.8, 4) is 17.2 Å².